The molecule has 2 rings (SSSR count). The van der Waals surface area contributed by atoms with E-state index in [4.69, 9.17) is 5.11 Å². The smallest absolute Gasteiger partial charge is 0.303 e. The van der Waals surface area contributed by atoms with E-state index in [1.165, 1.54) is 0 Å². The van der Waals surface area contributed by atoms with Crippen molar-refractivity contribution in [3.05, 3.63) is 60.2 Å². The number of carboxylic acid groups (broad SMARTS) is 1. The van der Waals surface area contributed by atoms with Crippen molar-refractivity contribution in [1.29, 1.82) is 0 Å². The van der Waals surface area contributed by atoms with Gasteiger partial charge in [0.1, 0.15) is 5.78 Å². The average molecular weight is 268 g/mol. The Morgan fingerprint density at radius 3 is 2.00 bits per heavy atom. The summed E-state index contributed by atoms with van der Waals surface area (Å²) in [6.07, 6.45) is 0.291. The van der Waals surface area contributed by atoms with Crippen LogP contribution in [-0.4, -0.2) is 16.9 Å². The number of aliphatic carboxylic acids is 1. The van der Waals surface area contributed by atoms with E-state index in [-0.39, 0.29) is 18.6 Å². The minimum atomic E-state index is -0.933. The van der Waals surface area contributed by atoms with Gasteiger partial charge in [0.2, 0.25) is 0 Å². The van der Waals surface area contributed by atoms with Gasteiger partial charge in [-0.3, -0.25) is 9.59 Å². The maximum atomic E-state index is 11.6. The van der Waals surface area contributed by atoms with Crippen molar-refractivity contribution < 1.29 is 14.7 Å². The molecule has 0 heterocycles. The van der Waals surface area contributed by atoms with Crippen molar-refractivity contribution in [1.82, 2.24) is 0 Å². The highest BCUT2D eigenvalue weighted by Crippen LogP contribution is 2.19. The molecule has 20 heavy (non-hydrogen) atoms. The van der Waals surface area contributed by atoms with E-state index >= 15 is 0 Å². The maximum Gasteiger partial charge on any atom is 0.303 e. The fourth-order valence-electron chi connectivity index (χ4n) is 2.01. The zero-order valence-corrected chi connectivity index (χ0v) is 11.1. The number of carbonyl (C=O) groups excluding carboxylic acids is 1. The highest BCUT2D eigenvalue weighted by Gasteiger charge is 2.07. The minimum absolute atomic E-state index is 0.0418. The highest BCUT2D eigenvalue weighted by atomic mass is 16.4. The largest absolute Gasteiger partial charge is 0.481 e. The Kier molecular flexibility index (Phi) is 4.66. The molecule has 0 saturated heterocycles. The van der Waals surface area contributed by atoms with Crippen LogP contribution in [0.25, 0.3) is 11.1 Å². The van der Waals surface area contributed by atoms with Gasteiger partial charge < -0.3 is 5.11 Å². The summed E-state index contributed by atoms with van der Waals surface area (Å²) in [6.45, 7) is 0. The molecule has 2 aromatic carbocycles. The molecule has 0 radical (unpaired) electrons. The summed E-state index contributed by atoms with van der Waals surface area (Å²) in [5.74, 6) is -0.974. The first-order valence-corrected chi connectivity index (χ1v) is 6.53. The summed E-state index contributed by atoms with van der Waals surface area (Å²) in [5, 5.41) is 8.54. The number of carbonyl (C=O) groups is 2. The lowest BCUT2D eigenvalue weighted by atomic mass is 10.0. The van der Waals surface area contributed by atoms with Crippen LogP contribution >= 0.6 is 0 Å². The minimum Gasteiger partial charge on any atom is -0.481 e. The number of benzene rings is 2. The van der Waals surface area contributed by atoms with Crippen molar-refractivity contribution >= 4 is 11.8 Å². The zero-order valence-electron chi connectivity index (χ0n) is 11.1. The first-order valence-electron chi connectivity index (χ1n) is 6.53. The molecular formula is C17H16O3. The molecule has 0 aliphatic heterocycles. The second kappa shape index (κ2) is 6.66. The lowest BCUT2D eigenvalue weighted by Gasteiger charge is -2.04. The van der Waals surface area contributed by atoms with Gasteiger partial charge in [-0.25, -0.2) is 0 Å². The molecule has 0 spiro atoms. The molecule has 0 aliphatic rings. The predicted octanol–water partition coefficient (Wildman–Crippen LogP) is 3.33. The summed E-state index contributed by atoms with van der Waals surface area (Å²) in [6, 6.07) is 17.8. The standard InChI is InChI=1S/C17H16O3/c18-16(10-11-17(19)20)12-13-6-8-15(9-7-13)14-4-2-1-3-5-14/h1-9H,10-12H2,(H,19,20). The van der Waals surface area contributed by atoms with Crippen molar-refractivity contribution in [2.75, 3.05) is 0 Å². The normalized spacial score (nSPS) is 10.2. The fourth-order valence-corrected chi connectivity index (χ4v) is 2.01. The Labute approximate surface area is 117 Å². The topological polar surface area (TPSA) is 54.4 Å². The van der Waals surface area contributed by atoms with Crippen molar-refractivity contribution in [3.8, 4) is 11.1 Å². The van der Waals surface area contributed by atoms with E-state index in [1.54, 1.807) is 0 Å². The van der Waals surface area contributed by atoms with Gasteiger partial charge in [-0.15, -0.1) is 0 Å². The highest BCUT2D eigenvalue weighted by molar-refractivity contribution is 5.84. The third kappa shape index (κ3) is 4.05. The van der Waals surface area contributed by atoms with E-state index in [0.29, 0.717) is 6.42 Å². The van der Waals surface area contributed by atoms with Gasteiger partial charge in [0.15, 0.2) is 0 Å². The lowest BCUT2D eigenvalue weighted by molar-refractivity contribution is -0.138. The summed E-state index contributed by atoms with van der Waals surface area (Å²) in [4.78, 5) is 22.0. The first-order chi connectivity index (χ1) is 9.65. The Balaban J connectivity index is 1.98. The number of Topliss-reactive ketones (excluding diaryl/α,β-unsaturated/α-hetero) is 1. The van der Waals surface area contributed by atoms with Gasteiger partial charge in [0.05, 0.1) is 6.42 Å². The van der Waals surface area contributed by atoms with Crippen LogP contribution < -0.4 is 0 Å². The van der Waals surface area contributed by atoms with Gasteiger partial charge in [-0.1, -0.05) is 54.6 Å². The molecule has 1 N–H and O–H groups in total. The van der Waals surface area contributed by atoms with Crippen LogP contribution in [-0.2, 0) is 16.0 Å². The maximum absolute atomic E-state index is 11.6. The summed E-state index contributed by atoms with van der Waals surface area (Å²) in [5.41, 5.74) is 3.16. The van der Waals surface area contributed by atoms with E-state index in [9.17, 15) is 9.59 Å². The monoisotopic (exact) mass is 268 g/mol. The molecule has 102 valence electrons. The molecular weight excluding hydrogens is 252 g/mol. The number of carboxylic acids is 1. The molecule has 0 fully saturated rings. The predicted molar refractivity (Wildman–Crippen MR) is 77.5 cm³/mol. The Morgan fingerprint density at radius 1 is 0.800 bits per heavy atom. The number of hydrogen-bond donors (Lipinski definition) is 1. The summed E-state index contributed by atoms with van der Waals surface area (Å²) in [7, 11) is 0. The molecule has 0 saturated carbocycles. The van der Waals surface area contributed by atoms with Crippen LogP contribution in [0.15, 0.2) is 54.6 Å². The molecule has 3 nitrogen and oxygen atoms in total. The second-order valence-corrected chi connectivity index (χ2v) is 4.67. The van der Waals surface area contributed by atoms with Crippen molar-refractivity contribution in [3.63, 3.8) is 0 Å². The van der Waals surface area contributed by atoms with Crippen LogP contribution in [0.4, 0.5) is 0 Å². The van der Waals surface area contributed by atoms with Crippen LogP contribution in [0.3, 0.4) is 0 Å². The Bertz CT molecular complexity index is 585. The van der Waals surface area contributed by atoms with Crippen LogP contribution in [0, 0.1) is 0 Å². The quantitative estimate of drug-likeness (QED) is 0.874. The third-order valence-corrected chi connectivity index (χ3v) is 3.08. The van der Waals surface area contributed by atoms with Gasteiger partial charge >= 0.3 is 5.97 Å². The van der Waals surface area contributed by atoms with Crippen LogP contribution in [0.5, 0.6) is 0 Å². The molecule has 0 aromatic heterocycles. The van der Waals surface area contributed by atoms with Gasteiger partial charge in [-0.2, -0.15) is 0 Å². The number of rotatable bonds is 6. The number of hydrogen-bond acceptors (Lipinski definition) is 2. The van der Waals surface area contributed by atoms with E-state index in [2.05, 4.69) is 0 Å². The SMILES string of the molecule is O=C(O)CCC(=O)Cc1ccc(-c2ccccc2)cc1. The Morgan fingerprint density at radius 2 is 1.40 bits per heavy atom. The molecule has 0 amide bonds. The van der Waals surface area contributed by atoms with Gasteiger partial charge in [0.25, 0.3) is 0 Å². The molecule has 0 aliphatic carbocycles. The van der Waals surface area contributed by atoms with Crippen LogP contribution in [0.2, 0.25) is 0 Å². The molecule has 0 atom stereocenters. The van der Waals surface area contributed by atoms with Gasteiger partial charge in [0, 0.05) is 12.8 Å². The lowest BCUT2D eigenvalue weighted by Crippen LogP contribution is -2.06. The molecule has 0 bridgehead atoms. The average Bonchev–Trinajstić information content (AvgIpc) is 2.47. The van der Waals surface area contributed by atoms with Crippen LogP contribution in [0.1, 0.15) is 18.4 Å². The molecule has 3 heteroatoms. The molecule has 2 aromatic rings. The van der Waals surface area contributed by atoms with Gasteiger partial charge in [-0.05, 0) is 16.7 Å². The van der Waals surface area contributed by atoms with Crippen molar-refractivity contribution in [2.24, 2.45) is 0 Å². The third-order valence-electron chi connectivity index (χ3n) is 3.08. The van der Waals surface area contributed by atoms with E-state index in [1.807, 2.05) is 54.6 Å². The fraction of sp³-hybridized carbons (Fsp3) is 0.176. The molecule has 0 unspecified atom stereocenters. The Hall–Kier alpha value is -2.42. The first kappa shape index (κ1) is 14.0. The zero-order chi connectivity index (χ0) is 14.4. The van der Waals surface area contributed by atoms with Crippen molar-refractivity contribution in [2.45, 2.75) is 19.3 Å². The summed E-state index contributed by atoms with van der Waals surface area (Å²) < 4.78 is 0. The summed E-state index contributed by atoms with van der Waals surface area (Å²) >= 11 is 0. The van der Waals surface area contributed by atoms with E-state index in [0.717, 1.165) is 16.7 Å². The second-order valence-electron chi connectivity index (χ2n) is 4.67. The number of ketones is 1. The van der Waals surface area contributed by atoms with E-state index < -0.39 is 5.97 Å².